The average molecular weight is 488 g/mol. The molecule has 2 aromatic carbocycles. The first kappa shape index (κ1) is 21.4. The summed E-state index contributed by atoms with van der Waals surface area (Å²) in [5.74, 6) is -0.295. The van der Waals surface area contributed by atoms with E-state index in [9.17, 15) is 25.3 Å². The fourth-order valence-electron chi connectivity index (χ4n) is 3.51. The van der Waals surface area contributed by atoms with Crippen molar-refractivity contribution in [2.24, 2.45) is 0 Å². The first-order chi connectivity index (χ1) is 16.5. The van der Waals surface area contributed by atoms with Gasteiger partial charge in [0.2, 0.25) is 0 Å². The Balaban J connectivity index is 1.55. The third kappa shape index (κ3) is 3.71. The van der Waals surface area contributed by atoms with E-state index < -0.39 is 10.5 Å². The number of para-hydroxylation sites is 1. The molecular weight excluding hydrogens is 474 g/mol. The molecule has 1 N–H and O–H groups in total. The van der Waals surface area contributed by atoms with Crippen molar-refractivity contribution in [1.29, 1.82) is 5.26 Å². The first-order valence-electron chi connectivity index (χ1n) is 9.86. The lowest BCUT2D eigenvalue weighted by Crippen LogP contribution is -2.21. The molecule has 34 heavy (non-hydrogen) atoms. The van der Waals surface area contributed by atoms with Crippen LogP contribution in [0, 0.1) is 21.4 Å². The molecule has 0 bridgehead atoms. The van der Waals surface area contributed by atoms with E-state index in [1.165, 1.54) is 45.7 Å². The smallest absolute Gasteiger partial charge is 0.269 e. The van der Waals surface area contributed by atoms with Crippen molar-refractivity contribution in [3.8, 4) is 17.2 Å². The lowest BCUT2D eigenvalue weighted by atomic mass is 10.1. The van der Waals surface area contributed by atoms with Gasteiger partial charge in [-0.15, -0.1) is 22.7 Å². The molecule has 0 radical (unpaired) electrons. The number of nitrogens with zero attached hydrogens (tertiary/aromatic N) is 5. The Morgan fingerprint density at radius 2 is 1.97 bits per heavy atom. The zero-order valence-corrected chi connectivity index (χ0v) is 18.8. The highest BCUT2D eigenvalue weighted by atomic mass is 32.1. The number of aliphatic hydroxyl groups is 1. The van der Waals surface area contributed by atoms with Crippen molar-refractivity contribution in [3.05, 3.63) is 91.5 Å². The minimum Gasteiger partial charge on any atom is -0.509 e. The zero-order valence-electron chi connectivity index (χ0n) is 17.2. The highest BCUT2D eigenvalue weighted by molar-refractivity contribution is 7.19. The van der Waals surface area contributed by atoms with E-state index in [-0.39, 0.29) is 23.6 Å². The van der Waals surface area contributed by atoms with Crippen LogP contribution in [0.25, 0.3) is 37.1 Å². The number of rotatable bonds is 5. The summed E-state index contributed by atoms with van der Waals surface area (Å²) in [5, 5.41) is 33.8. The Morgan fingerprint density at radius 1 is 1.21 bits per heavy atom. The maximum atomic E-state index is 13.3. The maximum absolute atomic E-state index is 13.3. The largest absolute Gasteiger partial charge is 0.509 e. The van der Waals surface area contributed by atoms with Crippen LogP contribution in [-0.4, -0.2) is 24.6 Å². The lowest BCUT2D eigenvalue weighted by Gasteiger charge is -2.07. The number of nitro benzene ring substituents is 1. The van der Waals surface area contributed by atoms with Crippen LogP contribution in [0.4, 0.5) is 5.69 Å². The fraction of sp³-hybridized carbons (Fsp3) is 0.0435. The molecule has 3 aromatic heterocycles. The molecule has 11 heteroatoms. The van der Waals surface area contributed by atoms with E-state index in [0.29, 0.717) is 31.9 Å². The SMILES string of the molecule is N#C/C(=C(/O)Cn1cnc2scc(-c3ccc([N+](=O)[O-])cc3)c2c1=O)c1nc2ccccc2s1. The molecule has 0 saturated carbocycles. The van der Waals surface area contributed by atoms with Gasteiger partial charge in [0.1, 0.15) is 27.2 Å². The van der Waals surface area contributed by atoms with Gasteiger partial charge < -0.3 is 5.11 Å². The number of nitriles is 1. The number of non-ortho nitro benzene ring substituents is 1. The molecule has 3 heterocycles. The Hall–Kier alpha value is -4.40. The van der Waals surface area contributed by atoms with E-state index in [1.54, 1.807) is 17.5 Å². The molecule has 0 amide bonds. The number of fused-ring (bicyclic) bond motifs is 2. The molecule has 0 aliphatic carbocycles. The first-order valence-corrected chi connectivity index (χ1v) is 11.6. The van der Waals surface area contributed by atoms with Crippen molar-refractivity contribution in [2.45, 2.75) is 6.54 Å². The van der Waals surface area contributed by atoms with Gasteiger partial charge in [-0.1, -0.05) is 12.1 Å². The maximum Gasteiger partial charge on any atom is 0.269 e. The third-order valence-electron chi connectivity index (χ3n) is 5.18. The summed E-state index contributed by atoms with van der Waals surface area (Å²) in [6.07, 6.45) is 1.32. The number of thiazole rings is 1. The number of hydrogen-bond acceptors (Lipinski definition) is 9. The van der Waals surface area contributed by atoms with Crippen molar-refractivity contribution >= 4 is 54.4 Å². The number of aromatic nitrogens is 3. The molecule has 0 atom stereocenters. The number of hydrogen-bond donors (Lipinski definition) is 1. The van der Waals surface area contributed by atoms with E-state index in [2.05, 4.69) is 9.97 Å². The van der Waals surface area contributed by atoms with Gasteiger partial charge in [-0.05, 0) is 29.8 Å². The van der Waals surface area contributed by atoms with E-state index in [4.69, 9.17) is 0 Å². The quantitative estimate of drug-likeness (QED) is 0.157. The second-order valence-electron chi connectivity index (χ2n) is 7.23. The standard InChI is InChI=1S/C23H13N5O4S2/c24-9-15(21-26-17-3-1-2-4-19(17)34-21)18(29)10-27-12-25-22-20(23(27)30)16(11-33-22)13-5-7-14(8-6-13)28(31)32/h1-8,11-12,29H,10H2/b18-15-. The van der Waals surface area contributed by atoms with E-state index in [1.807, 2.05) is 30.3 Å². The molecule has 0 unspecified atom stereocenters. The molecule has 0 fully saturated rings. The van der Waals surface area contributed by atoms with Gasteiger partial charge in [0, 0.05) is 23.1 Å². The van der Waals surface area contributed by atoms with Crippen LogP contribution in [-0.2, 0) is 6.54 Å². The topological polar surface area (TPSA) is 135 Å². The van der Waals surface area contributed by atoms with Crippen LogP contribution >= 0.6 is 22.7 Å². The predicted octanol–water partition coefficient (Wildman–Crippen LogP) is 5.14. The van der Waals surface area contributed by atoms with Gasteiger partial charge in [0.25, 0.3) is 11.2 Å². The molecule has 5 rings (SSSR count). The molecule has 166 valence electrons. The number of aliphatic hydroxyl groups excluding tert-OH is 1. The molecule has 5 aromatic rings. The van der Waals surface area contributed by atoms with E-state index in [0.717, 1.165) is 4.70 Å². The molecular formula is C23H13N5O4S2. The van der Waals surface area contributed by atoms with Crippen molar-refractivity contribution < 1.29 is 10.0 Å². The summed E-state index contributed by atoms with van der Waals surface area (Å²) >= 11 is 2.56. The summed E-state index contributed by atoms with van der Waals surface area (Å²) in [5.41, 5.74) is 1.50. The molecule has 0 spiro atoms. The Kier molecular flexibility index (Phi) is 5.37. The molecule has 9 nitrogen and oxygen atoms in total. The van der Waals surface area contributed by atoms with Crippen LogP contribution in [0.5, 0.6) is 0 Å². The lowest BCUT2D eigenvalue weighted by molar-refractivity contribution is -0.384. The summed E-state index contributed by atoms with van der Waals surface area (Å²) in [7, 11) is 0. The predicted molar refractivity (Wildman–Crippen MR) is 131 cm³/mol. The third-order valence-corrected chi connectivity index (χ3v) is 7.12. The van der Waals surface area contributed by atoms with Gasteiger partial charge in [0.05, 0.1) is 33.4 Å². The van der Waals surface area contributed by atoms with Crippen LogP contribution < -0.4 is 5.56 Å². The highest BCUT2D eigenvalue weighted by Crippen LogP contribution is 2.32. The minimum atomic E-state index is -0.489. The number of benzene rings is 2. The molecule has 0 saturated heterocycles. The zero-order chi connectivity index (χ0) is 23.8. The van der Waals surface area contributed by atoms with Gasteiger partial charge in [-0.25, -0.2) is 9.97 Å². The van der Waals surface area contributed by atoms with E-state index >= 15 is 0 Å². The average Bonchev–Trinajstić information content (AvgIpc) is 3.46. The monoisotopic (exact) mass is 487 g/mol. The van der Waals surface area contributed by atoms with Crippen molar-refractivity contribution in [3.63, 3.8) is 0 Å². The fourth-order valence-corrected chi connectivity index (χ4v) is 5.40. The van der Waals surface area contributed by atoms with Crippen molar-refractivity contribution in [1.82, 2.24) is 14.5 Å². The van der Waals surface area contributed by atoms with Gasteiger partial charge in [0.15, 0.2) is 0 Å². The molecule has 0 aliphatic heterocycles. The minimum absolute atomic E-state index is 0.00546. The summed E-state index contributed by atoms with van der Waals surface area (Å²) in [4.78, 5) is 33.0. The van der Waals surface area contributed by atoms with Crippen molar-refractivity contribution in [2.75, 3.05) is 0 Å². The summed E-state index contributed by atoms with van der Waals surface area (Å²) in [6.45, 7) is -0.254. The van der Waals surface area contributed by atoms with Gasteiger partial charge >= 0.3 is 0 Å². The number of allylic oxidation sites excluding steroid dienone is 2. The summed E-state index contributed by atoms with van der Waals surface area (Å²) < 4.78 is 2.11. The summed E-state index contributed by atoms with van der Waals surface area (Å²) in [6, 6.07) is 15.3. The van der Waals surface area contributed by atoms with Crippen LogP contribution in [0.3, 0.4) is 0 Å². The van der Waals surface area contributed by atoms with Crippen LogP contribution in [0.2, 0.25) is 0 Å². The van der Waals surface area contributed by atoms with Crippen LogP contribution in [0.15, 0.2) is 70.8 Å². The number of nitro groups is 1. The van der Waals surface area contributed by atoms with Crippen LogP contribution in [0.1, 0.15) is 5.01 Å². The second-order valence-corrected chi connectivity index (χ2v) is 9.12. The molecule has 0 aliphatic rings. The highest BCUT2D eigenvalue weighted by Gasteiger charge is 2.18. The normalized spacial score (nSPS) is 12.0. The van der Waals surface area contributed by atoms with Gasteiger partial charge in [-0.2, -0.15) is 5.26 Å². The Labute approximate surface area is 199 Å². The second kappa shape index (κ2) is 8.51. The Bertz CT molecular complexity index is 1670. The Morgan fingerprint density at radius 3 is 2.68 bits per heavy atom. The number of thiophene rings is 1. The van der Waals surface area contributed by atoms with Gasteiger partial charge in [-0.3, -0.25) is 19.5 Å².